The molecule has 6 heteroatoms. The van der Waals surface area contributed by atoms with Crippen LogP contribution in [-0.2, 0) is 11.3 Å². The van der Waals surface area contributed by atoms with Crippen LogP contribution in [0.2, 0.25) is 5.02 Å². The molecule has 0 unspecified atom stereocenters. The van der Waals surface area contributed by atoms with Crippen molar-refractivity contribution < 1.29 is 13.9 Å². The molecule has 1 fully saturated rings. The van der Waals surface area contributed by atoms with Gasteiger partial charge in [-0.1, -0.05) is 43.6 Å². The van der Waals surface area contributed by atoms with Crippen molar-refractivity contribution in [2.75, 3.05) is 19.7 Å². The summed E-state index contributed by atoms with van der Waals surface area (Å²) in [5.41, 5.74) is 2.81. The van der Waals surface area contributed by atoms with Gasteiger partial charge in [-0.3, -0.25) is 9.69 Å². The molecule has 0 aliphatic carbocycles. The zero-order valence-electron chi connectivity index (χ0n) is 20.2. The third kappa shape index (κ3) is 7.44. The van der Waals surface area contributed by atoms with Crippen LogP contribution < -0.4 is 10.1 Å². The minimum absolute atomic E-state index is 0.106. The van der Waals surface area contributed by atoms with Gasteiger partial charge in [-0.15, -0.1) is 0 Å². The van der Waals surface area contributed by atoms with Gasteiger partial charge in [-0.05, 0) is 74.4 Å². The Balaban J connectivity index is 1.39. The number of rotatable bonds is 9. The highest BCUT2D eigenvalue weighted by atomic mass is 35.5. The summed E-state index contributed by atoms with van der Waals surface area (Å²) in [6, 6.07) is 11.0. The lowest BCUT2D eigenvalue weighted by atomic mass is 9.86. The molecule has 1 amide bonds. The van der Waals surface area contributed by atoms with E-state index in [1.54, 1.807) is 6.07 Å². The van der Waals surface area contributed by atoms with Crippen molar-refractivity contribution in [1.82, 2.24) is 10.2 Å². The number of hydrogen-bond donors (Lipinski definition) is 1. The summed E-state index contributed by atoms with van der Waals surface area (Å²) in [4.78, 5) is 15.2. The summed E-state index contributed by atoms with van der Waals surface area (Å²) in [6.07, 6.45) is 3.39. The third-order valence-electron chi connectivity index (χ3n) is 6.49. The topological polar surface area (TPSA) is 41.6 Å². The monoisotopic (exact) mass is 474 g/mol. The number of aryl methyl sites for hydroxylation is 2. The first-order valence-electron chi connectivity index (χ1n) is 11.8. The average Bonchev–Trinajstić information content (AvgIpc) is 2.76. The van der Waals surface area contributed by atoms with E-state index < -0.39 is 5.41 Å². The van der Waals surface area contributed by atoms with Crippen molar-refractivity contribution in [2.24, 2.45) is 5.41 Å². The van der Waals surface area contributed by atoms with Crippen LogP contribution in [0.4, 0.5) is 4.39 Å². The fourth-order valence-electron chi connectivity index (χ4n) is 4.18. The second-order valence-corrected chi connectivity index (χ2v) is 10.3. The minimum atomic E-state index is -0.441. The lowest BCUT2D eigenvalue weighted by Gasteiger charge is -2.34. The number of ether oxygens (including phenoxy) is 1. The predicted octanol–water partition coefficient (Wildman–Crippen LogP) is 6.06. The van der Waals surface area contributed by atoms with Crippen LogP contribution in [-0.4, -0.2) is 36.5 Å². The third-order valence-corrected chi connectivity index (χ3v) is 6.85. The van der Waals surface area contributed by atoms with Crippen LogP contribution >= 0.6 is 11.6 Å². The summed E-state index contributed by atoms with van der Waals surface area (Å²) in [7, 11) is 0. The Kier molecular flexibility index (Phi) is 8.77. The van der Waals surface area contributed by atoms with Crippen molar-refractivity contribution in [3.8, 4) is 5.75 Å². The highest BCUT2D eigenvalue weighted by molar-refractivity contribution is 6.31. The van der Waals surface area contributed by atoms with Crippen LogP contribution in [0, 0.1) is 25.1 Å². The van der Waals surface area contributed by atoms with E-state index in [4.69, 9.17) is 16.3 Å². The van der Waals surface area contributed by atoms with Crippen LogP contribution in [0.3, 0.4) is 0 Å². The zero-order valence-corrected chi connectivity index (χ0v) is 21.0. The molecule has 1 saturated heterocycles. The highest BCUT2D eigenvalue weighted by Gasteiger charge is 2.30. The van der Waals surface area contributed by atoms with E-state index >= 15 is 0 Å². The Morgan fingerprint density at radius 1 is 1.18 bits per heavy atom. The summed E-state index contributed by atoms with van der Waals surface area (Å²) in [5.74, 6) is 0.713. The molecule has 2 aromatic carbocycles. The van der Waals surface area contributed by atoms with Gasteiger partial charge in [-0.2, -0.15) is 0 Å². The standard InChI is InChI=1S/C27H36ClFN2O2/c1-19-6-7-20(2)25(16-19)33-15-5-12-27(3,4)26(32)30-23-10-13-31(14-11-23)18-21-8-9-22(29)17-24(21)28/h6-9,16-17,23H,5,10-15,18H2,1-4H3,(H,30,32). The van der Waals surface area contributed by atoms with E-state index in [0.29, 0.717) is 18.2 Å². The first-order valence-corrected chi connectivity index (χ1v) is 12.2. The van der Waals surface area contributed by atoms with Crippen molar-refractivity contribution in [3.63, 3.8) is 0 Å². The maximum absolute atomic E-state index is 13.3. The van der Waals surface area contributed by atoms with Crippen LogP contribution in [0.25, 0.3) is 0 Å². The van der Waals surface area contributed by atoms with Gasteiger partial charge in [0.15, 0.2) is 0 Å². The van der Waals surface area contributed by atoms with Gasteiger partial charge >= 0.3 is 0 Å². The molecule has 0 radical (unpaired) electrons. The molecule has 0 spiro atoms. The molecule has 2 aromatic rings. The smallest absolute Gasteiger partial charge is 0.225 e. The van der Waals surface area contributed by atoms with Gasteiger partial charge in [0.1, 0.15) is 11.6 Å². The largest absolute Gasteiger partial charge is 0.493 e. The van der Waals surface area contributed by atoms with Gasteiger partial charge in [0.05, 0.1) is 6.61 Å². The molecule has 1 aliphatic rings. The van der Waals surface area contributed by atoms with E-state index in [1.165, 1.54) is 17.7 Å². The Morgan fingerprint density at radius 3 is 2.61 bits per heavy atom. The van der Waals surface area contributed by atoms with Gasteiger partial charge in [0.25, 0.3) is 0 Å². The van der Waals surface area contributed by atoms with Crippen LogP contribution in [0.1, 0.15) is 56.2 Å². The molecular formula is C27H36ClFN2O2. The maximum Gasteiger partial charge on any atom is 0.225 e. The second-order valence-electron chi connectivity index (χ2n) is 9.86. The molecule has 33 heavy (non-hydrogen) atoms. The molecule has 0 bridgehead atoms. The molecule has 4 nitrogen and oxygen atoms in total. The summed E-state index contributed by atoms with van der Waals surface area (Å²) in [6.45, 7) is 11.2. The van der Waals surface area contributed by atoms with Crippen molar-refractivity contribution in [1.29, 1.82) is 0 Å². The number of likely N-dealkylation sites (tertiary alicyclic amines) is 1. The van der Waals surface area contributed by atoms with Crippen molar-refractivity contribution >= 4 is 17.5 Å². The Labute approximate surface area is 202 Å². The predicted molar refractivity (Wildman–Crippen MR) is 132 cm³/mol. The number of carbonyl (C=O) groups excluding carboxylic acids is 1. The lowest BCUT2D eigenvalue weighted by Crippen LogP contribution is -2.48. The first-order chi connectivity index (χ1) is 15.6. The number of halogens is 2. The van der Waals surface area contributed by atoms with Crippen LogP contribution in [0.15, 0.2) is 36.4 Å². The Hall–Kier alpha value is -2.11. The molecule has 3 rings (SSSR count). The number of hydrogen-bond acceptors (Lipinski definition) is 3. The molecular weight excluding hydrogens is 439 g/mol. The van der Waals surface area contributed by atoms with E-state index in [2.05, 4.69) is 35.3 Å². The Morgan fingerprint density at radius 2 is 1.91 bits per heavy atom. The summed E-state index contributed by atoms with van der Waals surface area (Å²) in [5, 5.41) is 3.72. The minimum Gasteiger partial charge on any atom is -0.493 e. The molecule has 0 saturated carbocycles. The molecule has 1 aliphatic heterocycles. The van der Waals surface area contributed by atoms with E-state index in [1.807, 2.05) is 20.8 Å². The number of nitrogens with zero attached hydrogens (tertiary/aromatic N) is 1. The highest BCUT2D eigenvalue weighted by Crippen LogP contribution is 2.26. The van der Waals surface area contributed by atoms with Crippen LogP contribution in [0.5, 0.6) is 5.75 Å². The first kappa shape index (κ1) is 25.5. The molecule has 1 heterocycles. The van der Waals surface area contributed by atoms with E-state index in [9.17, 15) is 9.18 Å². The number of carbonyl (C=O) groups is 1. The van der Waals surface area contributed by atoms with Gasteiger partial charge < -0.3 is 10.1 Å². The average molecular weight is 475 g/mol. The number of nitrogens with one attached hydrogen (secondary N) is 1. The van der Waals surface area contributed by atoms with E-state index in [0.717, 1.165) is 55.6 Å². The molecule has 0 aromatic heterocycles. The summed E-state index contributed by atoms with van der Waals surface area (Å²) < 4.78 is 19.2. The van der Waals surface area contributed by atoms with E-state index in [-0.39, 0.29) is 17.8 Å². The van der Waals surface area contributed by atoms with Gasteiger partial charge in [0.2, 0.25) is 5.91 Å². The lowest BCUT2D eigenvalue weighted by molar-refractivity contribution is -0.130. The fourth-order valence-corrected chi connectivity index (χ4v) is 4.41. The number of piperidine rings is 1. The SMILES string of the molecule is Cc1ccc(C)c(OCCCC(C)(C)C(=O)NC2CCN(Cc3ccc(F)cc3Cl)CC2)c1. The molecule has 1 N–H and O–H groups in total. The summed E-state index contributed by atoms with van der Waals surface area (Å²) >= 11 is 6.17. The number of amides is 1. The molecule has 180 valence electrons. The fraction of sp³-hybridized carbons (Fsp3) is 0.519. The normalized spacial score (nSPS) is 15.5. The van der Waals surface area contributed by atoms with Gasteiger partial charge in [0, 0.05) is 36.1 Å². The quantitative estimate of drug-likeness (QED) is 0.449. The van der Waals surface area contributed by atoms with Crippen molar-refractivity contribution in [2.45, 2.75) is 66.0 Å². The molecule has 0 atom stereocenters. The van der Waals surface area contributed by atoms with Gasteiger partial charge in [-0.25, -0.2) is 4.39 Å². The second kappa shape index (κ2) is 11.3. The number of benzene rings is 2. The zero-order chi connectivity index (χ0) is 24.0. The Bertz CT molecular complexity index is 955. The van der Waals surface area contributed by atoms with Crippen molar-refractivity contribution in [3.05, 3.63) is 63.9 Å². The maximum atomic E-state index is 13.3.